The van der Waals surface area contributed by atoms with Gasteiger partial charge < -0.3 is 10.1 Å². The van der Waals surface area contributed by atoms with Crippen LogP contribution in [0.1, 0.15) is 20.9 Å². The van der Waals surface area contributed by atoms with Crippen LogP contribution in [0.5, 0.6) is 5.75 Å². The lowest BCUT2D eigenvalue weighted by atomic mass is 10.1. The maximum Gasteiger partial charge on any atom is 0.422 e. The number of carbonyl (C=O) groups is 1. The number of benzene rings is 2. The standard InChI is InChI=1S/C21H18F3N3O4S/c1-13-26-18(11-32-13)15-4-2-14(3-5-15)8-9-25-20(28)17-10-16(31-12-21(22,23)24)6-7-19(17)27(29)30/h2-7,10-11H,8-9,12H2,1H3,(H,25,28). The molecule has 0 saturated carbocycles. The molecule has 0 aliphatic carbocycles. The minimum Gasteiger partial charge on any atom is -0.484 e. The Balaban J connectivity index is 1.62. The van der Waals surface area contributed by atoms with Gasteiger partial charge in [0.05, 0.1) is 15.6 Å². The lowest BCUT2D eigenvalue weighted by Gasteiger charge is -2.11. The monoisotopic (exact) mass is 465 g/mol. The molecule has 0 spiro atoms. The number of nitrogens with one attached hydrogen (secondary N) is 1. The molecule has 32 heavy (non-hydrogen) atoms. The van der Waals surface area contributed by atoms with E-state index in [0.717, 1.165) is 40.0 Å². The summed E-state index contributed by atoms with van der Waals surface area (Å²) in [6.07, 6.45) is -4.11. The predicted octanol–water partition coefficient (Wildman–Crippen LogP) is 4.94. The van der Waals surface area contributed by atoms with E-state index in [1.807, 2.05) is 36.6 Å². The van der Waals surface area contributed by atoms with Crippen molar-refractivity contribution in [1.82, 2.24) is 10.3 Å². The van der Waals surface area contributed by atoms with Crippen LogP contribution >= 0.6 is 11.3 Å². The van der Waals surface area contributed by atoms with E-state index in [4.69, 9.17) is 0 Å². The number of thiazole rings is 1. The van der Waals surface area contributed by atoms with Crippen LogP contribution in [0.25, 0.3) is 11.3 Å². The smallest absolute Gasteiger partial charge is 0.422 e. The van der Waals surface area contributed by atoms with Crippen LogP contribution in [0, 0.1) is 17.0 Å². The number of ether oxygens (including phenoxy) is 1. The zero-order valence-electron chi connectivity index (χ0n) is 16.8. The summed E-state index contributed by atoms with van der Waals surface area (Å²) in [6, 6.07) is 10.5. The fourth-order valence-corrected chi connectivity index (χ4v) is 3.49. The number of hydrogen-bond acceptors (Lipinski definition) is 6. The summed E-state index contributed by atoms with van der Waals surface area (Å²) in [6.45, 7) is 0.537. The van der Waals surface area contributed by atoms with Gasteiger partial charge in [-0.05, 0) is 31.0 Å². The summed E-state index contributed by atoms with van der Waals surface area (Å²) in [4.78, 5) is 27.3. The molecule has 0 unspecified atom stereocenters. The van der Waals surface area contributed by atoms with Crippen LogP contribution in [-0.2, 0) is 6.42 Å². The summed E-state index contributed by atoms with van der Waals surface area (Å²) < 4.78 is 41.6. The van der Waals surface area contributed by atoms with Gasteiger partial charge >= 0.3 is 6.18 Å². The van der Waals surface area contributed by atoms with E-state index in [0.29, 0.717) is 6.42 Å². The van der Waals surface area contributed by atoms with Gasteiger partial charge in [-0.1, -0.05) is 24.3 Å². The molecular formula is C21H18F3N3O4S. The first-order valence-corrected chi connectivity index (χ1v) is 10.3. The molecule has 168 valence electrons. The molecule has 0 radical (unpaired) electrons. The highest BCUT2D eigenvalue weighted by atomic mass is 32.1. The molecule has 11 heteroatoms. The van der Waals surface area contributed by atoms with E-state index in [9.17, 15) is 28.1 Å². The van der Waals surface area contributed by atoms with Crippen molar-refractivity contribution in [1.29, 1.82) is 0 Å². The van der Waals surface area contributed by atoms with Crippen LogP contribution in [0.3, 0.4) is 0 Å². The van der Waals surface area contributed by atoms with Gasteiger partial charge in [-0.2, -0.15) is 13.2 Å². The number of halogens is 3. The molecular weight excluding hydrogens is 447 g/mol. The second-order valence-corrected chi connectivity index (χ2v) is 7.86. The van der Waals surface area contributed by atoms with E-state index in [1.165, 1.54) is 0 Å². The molecule has 0 aliphatic heterocycles. The maximum atomic E-state index is 12.5. The number of nitrogens with zero attached hydrogens (tertiary/aromatic N) is 2. The number of alkyl halides is 3. The highest BCUT2D eigenvalue weighted by molar-refractivity contribution is 7.09. The average Bonchev–Trinajstić information content (AvgIpc) is 3.18. The quantitative estimate of drug-likeness (QED) is 0.376. The minimum absolute atomic E-state index is 0.179. The summed E-state index contributed by atoms with van der Waals surface area (Å²) in [7, 11) is 0. The topological polar surface area (TPSA) is 94.4 Å². The van der Waals surface area contributed by atoms with Gasteiger partial charge in [0.25, 0.3) is 11.6 Å². The van der Waals surface area contributed by atoms with Crippen molar-refractivity contribution >= 4 is 22.9 Å². The second-order valence-electron chi connectivity index (χ2n) is 6.79. The number of hydrogen-bond donors (Lipinski definition) is 1. The van der Waals surface area contributed by atoms with Crippen molar-refractivity contribution in [2.75, 3.05) is 13.2 Å². The van der Waals surface area contributed by atoms with Crippen molar-refractivity contribution in [3.05, 3.63) is 74.1 Å². The highest BCUT2D eigenvalue weighted by Gasteiger charge is 2.29. The SMILES string of the molecule is Cc1nc(-c2ccc(CCNC(=O)c3cc(OCC(F)(F)F)ccc3[N+](=O)[O-])cc2)cs1. The lowest BCUT2D eigenvalue weighted by molar-refractivity contribution is -0.385. The van der Waals surface area contributed by atoms with Crippen LogP contribution in [0.4, 0.5) is 18.9 Å². The molecule has 1 heterocycles. The van der Waals surface area contributed by atoms with Gasteiger partial charge in [0.15, 0.2) is 6.61 Å². The molecule has 0 fully saturated rings. The molecule has 0 bridgehead atoms. The Bertz CT molecular complexity index is 1110. The van der Waals surface area contributed by atoms with Gasteiger partial charge in [-0.3, -0.25) is 14.9 Å². The molecule has 0 atom stereocenters. The highest BCUT2D eigenvalue weighted by Crippen LogP contribution is 2.26. The number of carbonyl (C=O) groups excluding carboxylic acids is 1. The zero-order chi connectivity index (χ0) is 23.3. The first-order valence-electron chi connectivity index (χ1n) is 9.40. The van der Waals surface area contributed by atoms with Crippen LogP contribution in [0.15, 0.2) is 47.8 Å². The molecule has 1 amide bonds. The van der Waals surface area contributed by atoms with Crippen molar-refractivity contribution in [2.45, 2.75) is 19.5 Å². The first-order chi connectivity index (χ1) is 15.1. The Kier molecular flexibility index (Phi) is 7.08. The maximum absolute atomic E-state index is 12.5. The summed E-state index contributed by atoms with van der Waals surface area (Å²) in [5, 5.41) is 16.7. The molecule has 1 N–H and O–H groups in total. The van der Waals surface area contributed by atoms with Crippen molar-refractivity contribution in [3.8, 4) is 17.0 Å². The first kappa shape index (κ1) is 23.2. The third kappa shape index (κ3) is 6.27. The third-order valence-corrected chi connectivity index (χ3v) is 5.15. The Hall–Kier alpha value is -3.47. The second kappa shape index (κ2) is 9.77. The fourth-order valence-electron chi connectivity index (χ4n) is 2.86. The molecule has 0 aliphatic rings. The summed E-state index contributed by atoms with van der Waals surface area (Å²) in [5.74, 6) is -1.06. The van der Waals surface area contributed by atoms with E-state index in [2.05, 4.69) is 15.0 Å². The predicted molar refractivity (Wildman–Crippen MR) is 113 cm³/mol. The third-order valence-electron chi connectivity index (χ3n) is 4.38. The summed E-state index contributed by atoms with van der Waals surface area (Å²) >= 11 is 1.56. The average molecular weight is 465 g/mol. The number of nitro benzene ring substituents is 1. The van der Waals surface area contributed by atoms with Gasteiger partial charge in [0.1, 0.15) is 11.3 Å². The largest absolute Gasteiger partial charge is 0.484 e. The number of aryl methyl sites for hydroxylation is 1. The van der Waals surface area contributed by atoms with Gasteiger partial charge in [-0.25, -0.2) is 4.98 Å². The number of rotatable bonds is 8. The normalized spacial score (nSPS) is 11.2. The molecule has 0 saturated heterocycles. The van der Waals surface area contributed by atoms with E-state index < -0.39 is 29.3 Å². The minimum atomic E-state index is -4.57. The number of amides is 1. The number of aromatic nitrogens is 1. The van der Waals surface area contributed by atoms with Crippen LogP contribution in [0.2, 0.25) is 0 Å². The molecule has 3 aromatic rings. The van der Waals surface area contributed by atoms with E-state index in [-0.39, 0.29) is 17.9 Å². The van der Waals surface area contributed by atoms with E-state index >= 15 is 0 Å². The Morgan fingerprint density at radius 1 is 1.22 bits per heavy atom. The lowest BCUT2D eigenvalue weighted by Crippen LogP contribution is -2.26. The van der Waals surface area contributed by atoms with Crippen LogP contribution in [-0.4, -0.2) is 35.1 Å². The Morgan fingerprint density at radius 2 is 1.94 bits per heavy atom. The van der Waals surface area contributed by atoms with E-state index in [1.54, 1.807) is 11.3 Å². The summed E-state index contributed by atoms with van der Waals surface area (Å²) in [5.41, 5.74) is 1.88. The van der Waals surface area contributed by atoms with Crippen molar-refractivity contribution in [3.63, 3.8) is 0 Å². The Morgan fingerprint density at radius 3 is 2.53 bits per heavy atom. The molecule has 3 rings (SSSR count). The molecule has 2 aromatic carbocycles. The molecule has 1 aromatic heterocycles. The molecule has 7 nitrogen and oxygen atoms in total. The zero-order valence-corrected chi connectivity index (χ0v) is 17.6. The Labute approximate surface area is 185 Å². The number of nitro groups is 1. The van der Waals surface area contributed by atoms with Gasteiger partial charge in [0, 0.05) is 23.6 Å². The van der Waals surface area contributed by atoms with Gasteiger partial charge in [0.2, 0.25) is 0 Å². The van der Waals surface area contributed by atoms with Gasteiger partial charge in [-0.15, -0.1) is 11.3 Å². The van der Waals surface area contributed by atoms with Crippen LogP contribution < -0.4 is 10.1 Å². The van der Waals surface area contributed by atoms with Crippen molar-refractivity contribution < 1.29 is 27.6 Å². The fraction of sp³-hybridized carbons (Fsp3) is 0.238. The van der Waals surface area contributed by atoms with Crippen molar-refractivity contribution in [2.24, 2.45) is 0 Å².